The van der Waals surface area contributed by atoms with Crippen LogP contribution in [-0.2, 0) is 17.6 Å². The van der Waals surface area contributed by atoms with E-state index in [-0.39, 0.29) is 11.8 Å². The quantitative estimate of drug-likeness (QED) is 0.905. The molecule has 2 aliphatic rings. The number of aryl methyl sites for hydroxylation is 3. The minimum atomic E-state index is -0.133. The van der Waals surface area contributed by atoms with Gasteiger partial charge in [-0.15, -0.1) is 22.7 Å². The summed E-state index contributed by atoms with van der Waals surface area (Å²) in [6.07, 6.45) is 5.83. The fraction of sp³-hybridized carbons (Fsp3) is 0.471. The van der Waals surface area contributed by atoms with Crippen LogP contribution in [0.25, 0.3) is 0 Å². The number of anilines is 2. The monoisotopic (exact) mass is 361 g/mol. The molecule has 2 aromatic rings. The summed E-state index contributed by atoms with van der Waals surface area (Å²) in [6, 6.07) is 1.85. The van der Waals surface area contributed by atoms with Gasteiger partial charge in [0.1, 0.15) is 0 Å². The van der Waals surface area contributed by atoms with Crippen molar-refractivity contribution < 1.29 is 9.59 Å². The van der Waals surface area contributed by atoms with Gasteiger partial charge in [-0.3, -0.25) is 14.9 Å². The van der Waals surface area contributed by atoms with Crippen LogP contribution in [0.1, 0.15) is 51.5 Å². The predicted octanol–water partition coefficient (Wildman–Crippen LogP) is 3.77. The molecule has 0 atom stereocenters. The molecule has 3 heterocycles. The number of piperidine rings is 1. The first-order valence-electron chi connectivity index (χ1n) is 8.32. The second-order valence-corrected chi connectivity index (χ2v) is 8.57. The van der Waals surface area contributed by atoms with Crippen LogP contribution in [0.2, 0.25) is 0 Å². The maximum Gasteiger partial charge on any atom is 0.258 e. The number of thiophene rings is 1. The summed E-state index contributed by atoms with van der Waals surface area (Å²) in [5.74, 6) is 0.0256. The second-order valence-electron chi connectivity index (χ2n) is 6.25. The lowest BCUT2D eigenvalue weighted by atomic mass is 10.1. The number of aromatic nitrogens is 1. The molecule has 1 N–H and O–H groups in total. The number of fused-ring (bicyclic) bond motifs is 1. The fourth-order valence-corrected chi connectivity index (χ4v) is 5.37. The third kappa shape index (κ3) is 2.86. The van der Waals surface area contributed by atoms with Crippen molar-refractivity contribution in [3.05, 3.63) is 27.1 Å². The topological polar surface area (TPSA) is 62.3 Å². The Morgan fingerprint density at radius 1 is 1.21 bits per heavy atom. The molecule has 0 spiro atoms. The van der Waals surface area contributed by atoms with Gasteiger partial charge in [-0.05, 0) is 45.1 Å². The van der Waals surface area contributed by atoms with E-state index < -0.39 is 0 Å². The van der Waals surface area contributed by atoms with Crippen molar-refractivity contribution in [1.82, 2.24) is 4.98 Å². The number of hydrogen-bond acceptors (Lipinski definition) is 5. The summed E-state index contributed by atoms with van der Waals surface area (Å²) in [5, 5.41) is 4.49. The van der Waals surface area contributed by atoms with Gasteiger partial charge in [0.05, 0.1) is 16.3 Å². The number of thiazole rings is 1. The molecule has 1 aliphatic heterocycles. The Hall–Kier alpha value is -1.73. The van der Waals surface area contributed by atoms with E-state index in [0.29, 0.717) is 17.1 Å². The number of amides is 2. The highest BCUT2D eigenvalue weighted by Gasteiger charge is 2.24. The molecule has 7 heteroatoms. The van der Waals surface area contributed by atoms with Crippen LogP contribution in [0, 0.1) is 6.92 Å². The Bertz CT molecular complexity index is 787. The number of rotatable bonds is 3. The molecule has 5 nitrogen and oxygen atoms in total. The van der Waals surface area contributed by atoms with E-state index in [2.05, 4.69) is 10.3 Å². The fourth-order valence-electron chi connectivity index (χ4n) is 3.27. The van der Waals surface area contributed by atoms with Gasteiger partial charge < -0.3 is 4.90 Å². The molecule has 2 amide bonds. The molecule has 0 bridgehead atoms. The van der Waals surface area contributed by atoms with Crippen LogP contribution in [0.5, 0.6) is 0 Å². The van der Waals surface area contributed by atoms with Crippen LogP contribution in [0.4, 0.5) is 10.1 Å². The Labute approximate surface area is 148 Å². The molecule has 0 radical (unpaired) electrons. The van der Waals surface area contributed by atoms with Crippen molar-refractivity contribution in [2.45, 2.75) is 45.4 Å². The zero-order valence-electron chi connectivity index (χ0n) is 13.6. The van der Waals surface area contributed by atoms with Crippen LogP contribution < -0.4 is 10.2 Å². The molecule has 0 unspecified atom stereocenters. The Morgan fingerprint density at radius 3 is 2.88 bits per heavy atom. The average Bonchev–Trinajstić information content (AvgIpc) is 3.22. The van der Waals surface area contributed by atoms with Gasteiger partial charge in [-0.2, -0.15) is 0 Å². The normalized spacial score (nSPS) is 17.2. The summed E-state index contributed by atoms with van der Waals surface area (Å²) in [5.41, 5.74) is 1.78. The van der Waals surface area contributed by atoms with Crippen molar-refractivity contribution in [3.63, 3.8) is 0 Å². The minimum absolute atomic E-state index is 0.133. The molecule has 0 aromatic carbocycles. The van der Waals surface area contributed by atoms with E-state index in [4.69, 9.17) is 0 Å². The summed E-state index contributed by atoms with van der Waals surface area (Å²) in [6.45, 7) is 2.68. The highest BCUT2D eigenvalue weighted by molar-refractivity contribution is 7.17. The third-order valence-electron chi connectivity index (χ3n) is 4.55. The van der Waals surface area contributed by atoms with Gasteiger partial charge >= 0.3 is 0 Å². The highest BCUT2D eigenvalue weighted by atomic mass is 32.1. The standard InChI is InChI=1S/C17H19N3O2S2/c1-10-11(9-15(23-10)20-8-3-2-7-14(20)21)16(22)19-17-18-12-5-4-6-13(12)24-17/h9H,2-8H2,1H3,(H,18,19,22). The first-order chi connectivity index (χ1) is 11.6. The van der Waals surface area contributed by atoms with Crippen LogP contribution in [-0.4, -0.2) is 23.3 Å². The molecule has 0 saturated carbocycles. The molecule has 1 saturated heterocycles. The van der Waals surface area contributed by atoms with E-state index >= 15 is 0 Å². The van der Waals surface area contributed by atoms with E-state index in [9.17, 15) is 9.59 Å². The largest absolute Gasteiger partial charge is 0.304 e. The molecule has 24 heavy (non-hydrogen) atoms. The van der Waals surface area contributed by atoms with Gasteiger partial charge in [0.2, 0.25) is 5.91 Å². The van der Waals surface area contributed by atoms with Crippen molar-refractivity contribution in [3.8, 4) is 0 Å². The van der Waals surface area contributed by atoms with Crippen molar-refractivity contribution >= 4 is 44.6 Å². The average molecular weight is 361 g/mol. The van der Waals surface area contributed by atoms with Gasteiger partial charge in [0, 0.05) is 22.7 Å². The van der Waals surface area contributed by atoms with Crippen molar-refractivity contribution in [2.24, 2.45) is 0 Å². The Morgan fingerprint density at radius 2 is 2.08 bits per heavy atom. The van der Waals surface area contributed by atoms with Crippen LogP contribution in [0.3, 0.4) is 0 Å². The first-order valence-corrected chi connectivity index (χ1v) is 9.96. The summed E-state index contributed by atoms with van der Waals surface area (Å²) < 4.78 is 0. The Kier molecular flexibility index (Phi) is 4.14. The zero-order chi connectivity index (χ0) is 16.7. The van der Waals surface area contributed by atoms with Gasteiger partial charge in [-0.1, -0.05) is 0 Å². The van der Waals surface area contributed by atoms with Crippen LogP contribution >= 0.6 is 22.7 Å². The maximum atomic E-state index is 12.6. The lowest BCUT2D eigenvalue weighted by Gasteiger charge is -2.25. The zero-order valence-corrected chi connectivity index (χ0v) is 15.2. The molecule has 1 aliphatic carbocycles. The van der Waals surface area contributed by atoms with Gasteiger partial charge in [-0.25, -0.2) is 4.98 Å². The molecule has 1 fully saturated rings. The number of nitrogens with zero attached hydrogens (tertiary/aromatic N) is 2. The summed E-state index contributed by atoms with van der Waals surface area (Å²) >= 11 is 3.10. The molecule has 2 aromatic heterocycles. The van der Waals surface area contributed by atoms with Gasteiger partial charge in [0.15, 0.2) is 5.13 Å². The van der Waals surface area contributed by atoms with E-state index in [1.54, 1.807) is 11.3 Å². The van der Waals surface area contributed by atoms with Crippen molar-refractivity contribution in [1.29, 1.82) is 0 Å². The van der Waals surface area contributed by atoms with Crippen molar-refractivity contribution in [2.75, 3.05) is 16.8 Å². The molecule has 4 rings (SSSR count). The van der Waals surface area contributed by atoms with E-state index in [1.165, 1.54) is 22.6 Å². The lowest BCUT2D eigenvalue weighted by molar-refractivity contribution is -0.119. The number of hydrogen-bond donors (Lipinski definition) is 1. The first kappa shape index (κ1) is 15.8. The highest BCUT2D eigenvalue weighted by Crippen LogP contribution is 2.34. The third-order valence-corrected chi connectivity index (χ3v) is 6.70. The van der Waals surface area contributed by atoms with Gasteiger partial charge in [0.25, 0.3) is 5.91 Å². The molecule has 126 valence electrons. The smallest absolute Gasteiger partial charge is 0.258 e. The SMILES string of the molecule is Cc1sc(N2CCCCC2=O)cc1C(=O)Nc1nc2c(s1)CCC2. The maximum absolute atomic E-state index is 12.6. The van der Waals surface area contributed by atoms with E-state index in [0.717, 1.165) is 47.8 Å². The molecular formula is C17H19N3O2S2. The van der Waals surface area contributed by atoms with Crippen LogP contribution in [0.15, 0.2) is 6.07 Å². The lowest BCUT2D eigenvalue weighted by Crippen LogP contribution is -2.34. The number of carbonyl (C=O) groups is 2. The number of nitrogens with one attached hydrogen (secondary N) is 1. The summed E-state index contributed by atoms with van der Waals surface area (Å²) in [7, 11) is 0. The Balaban J connectivity index is 1.52. The molecular weight excluding hydrogens is 342 g/mol. The van der Waals surface area contributed by atoms with E-state index in [1.807, 2.05) is 17.9 Å². The minimum Gasteiger partial charge on any atom is -0.304 e. The number of carbonyl (C=O) groups excluding carboxylic acids is 2. The second kappa shape index (κ2) is 6.29. The summed E-state index contributed by atoms with van der Waals surface area (Å²) in [4.78, 5) is 33.2. The predicted molar refractivity (Wildman–Crippen MR) is 97.4 cm³/mol.